The molecule has 0 aliphatic rings. The summed E-state index contributed by atoms with van der Waals surface area (Å²) in [5.74, 6) is 0.429. The minimum absolute atomic E-state index is 0.218. The third-order valence-electron chi connectivity index (χ3n) is 4.05. The quantitative estimate of drug-likeness (QED) is 0.277. The molecule has 3 N–H and O–H groups in total. The van der Waals surface area contributed by atoms with Crippen LogP contribution in [-0.2, 0) is 9.53 Å². The Hall–Kier alpha value is -3.10. The fourth-order valence-electron chi connectivity index (χ4n) is 2.63. The maximum atomic E-state index is 12.1. The van der Waals surface area contributed by atoms with Crippen LogP contribution in [0.5, 0.6) is 11.5 Å². The van der Waals surface area contributed by atoms with Gasteiger partial charge in [0.2, 0.25) is 0 Å². The van der Waals surface area contributed by atoms with E-state index >= 15 is 0 Å². The molecule has 0 bridgehead atoms. The highest BCUT2D eigenvalue weighted by molar-refractivity contribution is 5.82. The molecule has 0 spiro atoms. The molecule has 2 aromatic carbocycles. The number of carbonyl (C=O) groups is 2. The highest BCUT2D eigenvalue weighted by Crippen LogP contribution is 2.11. The van der Waals surface area contributed by atoms with Crippen LogP contribution in [0.2, 0.25) is 0 Å². The Bertz CT molecular complexity index is 757. The molecule has 8 nitrogen and oxygen atoms in total. The molecule has 0 aliphatic heterocycles. The van der Waals surface area contributed by atoms with Gasteiger partial charge in [0, 0.05) is 6.54 Å². The molecule has 0 saturated carbocycles. The van der Waals surface area contributed by atoms with Crippen LogP contribution < -0.4 is 20.1 Å². The first-order valence-corrected chi connectivity index (χ1v) is 9.91. The average molecular weight is 416 g/mol. The van der Waals surface area contributed by atoms with Gasteiger partial charge < -0.3 is 24.6 Å². The zero-order valence-corrected chi connectivity index (χ0v) is 17.0. The van der Waals surface area contributed by atoms with Crippen molar-refractivity contribution in [3.63, 3.8) is 0 Å². The van der Waals surface area contributed by atoms with Gasteiger partial charge in [0.25, 0.3) is 6.41 Å². The summed E-state index contributed by atoms with van der Waals surface area (Å²) in [6.45, 7) is 2.39. The molecule has 1 amide bonds. The van der Waals surface area contributed by atoms with Gasteiger partial charge in [0.1, 0.15) is 17.5 Å². The second-order valence-corrected chi connectivity index (χ2v) is 6.38. The van der Waals surface area contributed by atoms with Crippen molar-refractivity contribution >= 4 is 12.1 Å². The monoisotopic (exact) mass is 416 g/mol. The summed E-state index contributed by atoms with van der Waals surface area (Å²) in [5, 5.41) is 15.2. The Morgan fingerprint density at radius 3 is 2.23 bits per heavy atom. The SMILES string of the molecule is CCOC(=O)C(CCCCNC(O)Oc1ccccc1)NC(=O)Oc1ccccc1. The molecule has 0 saturated heterocycles. The number of aliphatic hydroxyl groups excluding tert-OH is 1. The van der Waals surface area contributed by atoms with E-state index in [1.165, 1.54) is 0 Å². The molecule has 8 heteroatoms. The maximum absolute atomic E-state index is 12.1. The number of amides is 1. The summed E-state index contributed by atoms with van der Waals surface area (Å²) in [6.07, 6.45) is -0.211. The fraction of sp³-hybridized carbons (Fsp3) is 0.364. The number of benzene rings is 2. The molecule has 2 aromatic rings. The average Bonchev–Trinajstić information content (AvgIpc) is 2.74. The van der Waals surface area contributed by atoms with E-state index in [2.05, 4.69) is 10.6 Å². The highest BCUT2D eigenvalue weighted by atomic mass is 16.6. The Labute approximate surface area is 176 Å². The number of nitrogens with one attached hydrogen (secondary N) is 2. The number of unbranched alkanes of at least 4 members (excludes halogenated alkanes) is 1. The van der Waals surface area contributed by atoms with E-state index in [1.54, 1.807) is 43.3 Å². The van der Waals surface area contributed by atoms with E-state index in [9.17, 15) is 14.7 Å². The van der Waals surface area contributed by atoms with Gasteiger partial charge in [-0.2, -0.15) is 0 Å². The molecule has 0 fully saturated rings. The van der Waals surface area contributed by atoms with Gasteiger partial charge >= 0.3 is 12.1 Å². The van der Waals surface area contributed by atoms with E-state index < -0.39 is 24.5 Å². The van der Waals surface area contributed by atoms with Gasteiger partial charge in [-0.3, -0.25) is 5.32 Å². The van der Waals surface area contributed by atoms with Crippen LogP contribution in [0.15, 0.2) is 60.7 Å². The molecule has 0 aliphatic carbocycles. The van der Waals surface area contributed by atoms with Crippen LogP contribution in [0.3, 0.4) is 0 Å². The number of ether oxygens (including phenoxy) is 3. The van der Waals surface area contributed by atoms with Crippen molar-refractivity contribution in [2.24, 2.45) is 0 Å². The maximum Gasteiger partial charge on any atom is 0.413 e. The summed E-state index contributed by atoms with van der Waals surface area (Å²) in [7, 11) is 0. The lowest BCUT2D eigenvalue weighted by atomic mass is 10.1. The van der Waals surface area contributed by atoms with Crippen LogP contribution >= 0.6 is 0 Å². The van der Waals surface area contributed by atoms with Crippen molar-refractivity contribution in [1.29, 1.82) is 0 Å². The second kappa shape index (κ2) is 13.2. The van der Waals surface area contributed by atoms with E-state index in [-0.39, 0.29) is 6.61 Å². The third kappa shape index (κ3) is 8.93. The van der Waals surface area contributed by atoms with Crippen molar-refractivity contribution in [2.75, 3.05) is 13.2 Å². The molecular weight excluding hydrogens is 388 g/mol. The van der Waals surface area contributed by atoms with Crippen molar-refractivity contribution in [1.82, 2.24) is 10.6 Å². The molecule has 2 atom stereocenters. The van der Waals surface area contributed by atoms with Gasteiger partial charge in [0.05, 0.1) is 6.61 Å². The molecule has 162 valence electrons. The van der Waals surface area contributed by atoms with Gasteiger partial charge in [-0.15, -0.1) is 0 Å². The van der Waals surface area contributed by atoms with Crippen LogP contribution in [-0.4, -0.2) is 42.8 Å². The smallest absolute Gasteiger partial charge is 0.413 e. The Balaban J connectivity index is 1.72. The second-order valence-electron chi connectivity index (χ2n) is 6.38. The number of carbonyl (C=O) groups excluding carboxylic acids is 2. The predicted molar refractivity (Wildman–Crippen MR) is 111 cm³/mol. The lowest BCUT2D eigenvalue weighted by Gasteiger charge is -2.18. The fourth-order valence-corrected chi connectivity index (χ4v) is 2.63. The van der Waals surface area contributed by atoms with Crippen molar-refractivity contribution in [3.05, 3.63) is 60.7 Å². The van der Waals surface area contributed by atoms with Crippen LogP contribution in [0.1, 0.15) is 26.2 Å². The minimum atomic E-state index is -1.13. The summed E-state index contributed by atoms with van der Waals surface area (Å²) in [6, 6.07) is 16.7. The topological polar surface area (TPSA) is 106 Å². The first kappa shape index (κ1) is 23.2. The molecular formula is C22H28N2O6. The standard InChI is InChI=1S/C22H28N2O6/c1-2-28-20(25)19(24-22(27)30-18-13-7-4-8-14-18)15-9-10-16-23-21(26)29-17-11-5-3-6-12-17/h3-8,11-14,19,21,23,26H,2,9-10,15-16H2,1H3,(H,24,27). The lowest BCUT2D eigenvalue weighted by molar-refractivity contribution is -0.145. The number of esters is 1. The van der Waals surface area contributed by atoms with Gasteiger partial charge in [-0.25, -0.2) is 9.59 Å². The van der Waals surface area contributed by atoms with Crippen molar-refractivity contribution in [2.45, 2.75) is 38.6 Å². The molecule has 0 aromatic heterocycles. The number of aliphatic hydroxyl groups is 1. The zero-order valence-electron chi connectivity index (χ0n) is 17.0. The highest BCUT2D eigenvalue weighted by Gasteiger charge is 2.22. The Morgan fingerprint density at radius 2 is 1.60 bits per heavy atom. The third-order valence-corrected chi connectivity index (χ3v) is 4.05. The van der Waals surface area contributed by atoms with Crippen molar-refractivity contribution < 1.29 is 28.9 Å². The van der Waals surface area contributed by atoms with Gasteiger partial charge in [0.15, 0.2) is 0 Å². The number of rotatable bonds is 12. The van der Waals surface area contributed by atoms with E-state index in [1.807, 2.05) is 24.3 Å². The minimum Gasteiger partial charge on any atom is -0.464 e. The van der Waals surface area contributed by atoms with E-state index in [0.29, 0.717) is 37.3 Å². The van der Waals surface area contributed by atoms with Crippen molar-refractivity contribution in [3.8, 4) is 11.5 Å². The normalized spacial score (nSPS) is 12.5. The van der Waals surface area contributed by atoms with Gasteiger partial charge in [-0.05, 0) is 50.5 Å². The first-order valence-electron chi connectivity index (χ1n) is 9.91. The first-order chi connectivity index (χ1) is 14.6. The summed E-state index contributed by atoms with van der Waals surface area (Å²) < 4.78 is 15.5. The Morgan fingerprint density at radius 1 is 0.967 bits per heavy atom. The summed E-state index contributed by atoms with van der Waals surface area (Å²) in [5.41, 5.74) is 0. The lowest BCUT2D eigenvalue weighted by Crippen LogP contribution is -2.43. The molecule has 0 heterocycles. The molecule has 2 unspecified atom stereocenters. The predicted octanol–water partition coefficient (Wildman–Crippen LogP) is 2.82. The van der Waals surface area contributed by atoms with Crippen LogP contribution in [0.4, 0.5) is 4.79 Å². The van der Waals surface area contributed by atoms with Crippen LogP contribution in [0, 0.1) is 0 Å². The number of hydrogen-bond donors (Lipinski definition) is 3. The Kier molecular flexibility index (Phi) is 10.2. The van der Waals surface area contributed by atoms with E-state index in [4.69, 9.17) is 14.2 Å². The van der Waals surface area contributed by atoms with Gasteiger partial charge in [-0.1, -0.05) is 36.4 Å². The summed E-state index contributed by atoms with van der Waals surface area (Å²) in [4.78, 5) is 24.2. The van der Waals surface area contributed by atoms with E-state index in [0.717, 1.165) is 0 Å². The molecule has 30 heavy (non-hydrogen) atoms. The number of hydrogen-bond acceptors (Lipinski definition) is 7. The molecule has 0 radical (unpaired) electrons. The van der Waals surface area contributed by atoms with Crippen LogP contribution in [0.25, 0.3) is 0 Å². The largest absolute Gasteiger partial charge is 0.464 e. The number of para-hydroxylation sites is 2. The summed E-state index contributed by atoms with van der Waals surface area (Å²) >= 11 is 0. The zero-order chi connectivity index (χ0) is 21.6. The molecule has 2 rings (SSSR count).